The number of carbonyl (C=O) groups is 2. The Morgan fingerprint density at radius 3 is 2.50 bits per heavy atom. The maximum absolute atomic E-state index is 13.6. The zero-order valence-electron chi connectivity index (χ0n) is 20.0. The lowest BCUT2D eigenvalue weighted by Gasteiger charge is -2.31. The maximum atomic E-state index is 13.6. The summed E-state index contributed by atoms with van der Waals surface area (Å²) in [6.45, 7) is 0.351. The van der Waals surface area contributed by atoms with Gasteiger partial charge < -0.3 is 26.8 Å². The average Bonchev–Trinajstić information content (AvgIpc) is 3.23. The van der Waals surface area contributed by atoms with Gasteiger partial charge in [-0.3, -0.25) is 10.2 Å². The first-order valence-electron chi connectivity index (χ1n) is 12.3. The van der Waals surface area contributed by atoms with E-state index in [0.717, 1.165) is 53.3 Å². The number of anilines is 1. The van der Waals surface area contributed by atoms with Crippen LogP contribution in [-0.4, -0.2) is 40.9 Å². The summed E-state index contributed by atoms with van der Waals surface area (Å²) >= 11 is 0. The molecule has 1 saturated carbocycles. The second-order valence-corrected chi connectivity index (χ2v) is 9.89. The minimum absolute atomic E-state index is 0.0393. The van der Waals surface area contributed by atoms with Crippen LogP contribution in [0.15, 0.2) is 54.6 Å². The van der Waals surface area contributed by atoms with E-state index < -0.39 is 12.0 Å². The molecular formula is C28H31N5O3. The van der Waals surface area contributed by atoms with Crippen molar-refractivity contribution in [2.75, 3.05) is 4.90 Å². The number of hydrogen-bond donors (Lipinski definition) is 5. The van der Waals surface area contributed by atoms with E-state index in [4.69, 9.17) is 16.9 Å². The molecule has 0 spiro atoms. The van der Waals surface area contributed by atoms with Gasteiger partial charge in [0, 0.05) is 36.3 Å². The number of rotatable bonds is 6. The van der Waals surface area contributed by atoms with Gasteiger partial charge in [-0.1, -0.05) is 36.4 Å². The number of hydrogen-bond acceptors (Lipinski definition) is 5. The van der Waals surface area contributed by atoms with Crippen LogP contribution in [0.25, 0.3) is 10.8 Å². The van der Waals surface area contributed by atoms with Gasteiger partial charge in [-0.15, -0.1) is 0 Å². The van der Waals surface area contributed by atoms with Gasteiger partial charge in [0.15, 0.2) is 0 Å². The Balaban J connectivity index is 1.52. The number of nitrogens with one attached hydrogen (secondary N) is 2. The normalized spacial score (nSPS) is 21.2. The Hall–Kier alpha value is -3.91. The second-order valence-electron chi connectivity index (χ2n) is 9.89. The highest BCUT2D eigenvalue weighted by Crippen LogP contribution is 2.36. The number of amides is 1. The van der Waals surface area contributed by atoms with Crippen LogP contribution in [0.1, 0.15) is 52.7 Å². The fourth-order valence-electron chi connectivity index (χ4n) is 5.48. The number of aromatic carboxylic acids is 1. The number of nitrogen functional groups attached to an aromatic ring is 1. The number of nitrogens with two attached hydrogens (primary N) is 2. The Kier molecular flexibility index (Phi) is 6.36. The number of nitrogens with zero attached hydrogens (tertiary/aromatic N) is 1. The molecule has 186 valence electrons. The molecule has 8 heteroatoms. The van der Waals surface area contributed by atoms with Crippen LogP contribution >= 0.6 is 0 Å². The smallest absolute Gasteiger partial charge is 0.335 e. The Labute approximate surface area is 209 Å². The minimum atomic E-state index is -0.993. The highest BCUT2D eigenvalue weighted by molar-refractivity contribution is 5.98. The molecule has 1 amide bonds. The average molecular weight is 486 g/mol. The number of carboxylic acids is 1. The molecule has 1 unspecified atom stereocenters. The molecular weight excluding hydrogens is 454 g/mol. The molecule has 5 rings (SSSR count). The quantitative estimate of drug-likeness (QED) is 0.268. The van der Waals surface area contributed by atoms with E-state index in [1.54, 1.807) is 12.1 Å². The van der Waals surface area contributed by atoms with Gasteiger partial charge >= 0.3 is 5.97 Å². The third kappa shape index (κ3) is 4.64. The van der Waals surface area contributed by atoms with Gasteiger partial charge in [0.25, 0.3) is 0 Å². The van der Waals surface area contributed by atoms with Gasteiger partial charge in [0.05, 0.1) is 5.56 Å². The maximum Gasteiger partial charge on any atom is 0.335 e. The van der Waals surface area contributed by atoms with Crippen LogP contribution in [0, 0.1) is 5.41 Å². The molecule has 1 atom stereocenters. The number of fused-ring (bicyclic) bond motifs is 2. The lowest BCUT2D eigenvalue weighted by Crippen LogP contribution is -2.49. The predicted octanol–water partition coefficient (Wildman–Crippen LogP) is 3.14. The minimum Gasteiger partial charge on any atom is -0.478 e. The molecule has 0 aromatic heterocycles. The van der Waals surface area contributed by atoms with E-state index in [2.05, 4.69) is 5.32 Å². The first-order valence-corrected chi connectivity index (χ1v) is 12.3. The summed E-state index contributed by atoms with van der Waals surface area (Å²) in [5.41, 5.74) is 15.3. The van der Waals surface area contributed by atoms with Crippen LogP contribution in [0.3, 0.4) is 0 Å². The van der Waals surface area contributed by atoms with Crippen LogP contribution in [-0.2, 0) is 17.8 Å². The lowest BCUT2D eigenvalue weighted by molar-refractivity contribution is -0.123. The van der Waals surface area contributed by atoms with Crippen molar-refractivity contribution in [1.82, 2.24) is 5.32 Å². The van der Waals surface area contributed by atoms with E-state index >= 15 is 0 Å². The topological polar surface area (TPSA) is 146 Å². The molecule has 1 heterocycles. The highest BCUT2D eigenvalue weighted by atomic mass is 16.4. The van der Waals surface area contributed by atoms with Crippen LogP contribution < -0.4 is 21.7 Å². The van der Waals surface area contributed by atoms with Gasteiger partial charge in [-0.2, -0.15) is 0 Å². The third-order valence-electron chi connectivity index (χ3n) is 7.45. The Morgan fingerprint density at radius 1 is 1.03 bits per heavy atom. The molecule has 3 aromatic carbocycles. The van der Waals surface area contributed by atoms with Gasteiger partial charge in [0.2, 0.25) is 5.91 Å². The van der Waals surface area contributed by atoms with Crippen LogP contribution in [0.2, 0.25) is 0 Å². The molecule has 36 heavy (non-hydrogen) atoms. The summed E-state index contributed by atoms with van der Waals surface area (Å²) in [4.78, 5) is 27.4. The van der Waals surface area contributed by atoms with Crippen LogP contribution in [0.4, 0.5) is 5.69 Å². The summed E-state index contributed by atoms with van der Waals surface area (Å²) in [5.74, 6) is -1.08. The van der Waals surface area contributed by atoms with Crippen molar-refractivity contribution in [1.29, 1.82) is 5.41 Å². The van der Waals surface area contributed by atoms with Crippen molar-refractivity contribution in [3.05, 3.63) is 76.9 Å². The standard InChI is InChI=1S/C28H31N5O3/c29-21-7-9-22(10-8-21)32-27(34)25-13-17-5-6-18(26(30)31)14-24(17)33(25)15-20-12-19(28(35)36)11-16-3-1-2-4-23(16)20/h1-6,11-12,14,21-22,25H,7-10,13,15,29H2,(H3,30,31)(H,32,34)(H,35,36). The molecule has 8 nitrogen and oxygen atoms in total. The van der Waals surface area contributed by atoms with Crippen LogP contribution in [0.5, 0.6) is 0 Å². The van der Waals surface area contributed by atoms with Crippen molar-refractivity contribution < 1.29 is 14.7 Å². The number of carbonyl (C=O) groups excluding carboxylic acids is 1. The van der Waals surface area contributed by atoms with Gasteiger partial charge in [0.1, 0.15) is 11.9 Å². The van der Waals surface area contributed by atoms with E-state index in [1.807, 2.05) is 47.4 Å². The van der Waals surface area contributed by atoms with Gasteiger partial charge in [-0.25, -0.2) is 4.79 Å². The molecule has 2 aliphatic rings. The number of carboxylic acid groups (broad SMARTS) is 1. The number of amidine groups is 1. The largest absolute Gasteiger partial charge is 0.478 e. The van der Waals surface area contributed by atoms with E-state index in [-0.39, 0.29) is 29.4 Å². The fraction of sp³-hybridized carbons (Fsp3) is 0.321. The fourth-order valence-corrected chi connectivity index (χ4v) is 5.48. The molecule has 0 bridgehead atoms. The Morgan fingerprint density at radius 2 is 1.78 bits per heavy atom. The predicted molar refractivity (Wildman–Crippen MR) is 140 cm³/mol. The second kappa shape index (κ2) is 9.62. The number of benzene rings is 3. The monoisotopic (exact) mass is 485 g/mol. The molecule has 1 aliphatic heterocycles. The zero-order valence-corrected chi connectivity index (χ0v) is 20.0. The van der Waals surface area contributed by atoms with Crippen molar-refractivity contribution in [2.24, 2.45) is 11.5 Å². The van der Waals surface area contributed by atoms with E-state index in [1.165, 1.54) is 0 Å². The first kappa shape index (κ1) is 23.8. The SMILES string of the molecule is N=C(N)c1ccc2c(c1)N(Cc1cc(C(=O)O)cc3ccccc13)C(C(=O)NC1CCC(N)CC1)C2. The van der Waals surface area contributed by atoms with E-state index in [0.29, 0.717) is 18.5 Å². The molecule has 1 aliphatic carbocycles. The van der Waals surface area contributed by atoms with Crippen molar-refractivity contribution in [3.8, 4) is 0 Å². The Bertz CT molecular complexity index is 1350. The van der Waals surface area contributed by atoms with Crippen molar-refractivity contribution >= 4 is 34.2 Å². The van der Waals surface area contributed by atoms with Crippen molar-refractivity contribution in [3.63, 3.8) is 0 Å². The molecule has 0 radical (unpaired) electrons. The summed E-state index contributed by atoms with van der Waals surface area (Å²) < 4.78 is 0. The molecule has 7 N–H and O–H groups in total. The van der Waals surface area contributed by atoms with Gasteiger partial charge in [-0.05, 0) is 65.8 Å². The zero-order chi connectivity index (χ0) is 25.4. The first-order chi connectivity index (χ1) is 17.3. The van der Waals surface area contributed by atoms with E-state index in [9.17, 15) is 14.7 Å². The summed E-state index contributed by atoms with van der Waals surface area (Å²) in [7, 11) is 0. The van der Waals surface area contributed by atoms with Crippen molar-refractivity contribution in [2.45, 2.75) is 56.8 Å². The third-order valence-corrected chi connectivity index (χ3v) is 7.45. The summed E-state index contributed by atoms with van der Waals surface area (Å²) in [6.07, 6.45) is 4.06. The lowest BCUT2D eigenvalue weighted by atomic mass is 9.91. The summed E-state index contributed by atoms with van der Waals surface area (Å²) in [5, 5.41) is 22.6. The molecule has 1 fully saturated rings. The highest BCUT2D eigenvalue weighted by Gasteiger charge is 2.36. The molecule has 0 saturated heterocycles. The molecule has 3 aromatic rings. The summed E-state index contributed by atoms with van der Waals surface area (Å²) in [6, 6.07) is 16.5.